The topological polar surface area (TPSA) is 79.3 Å². The summed E-state index contributed by atoms with van der Waals surface area (Å²) in [4.78, 5) is 26.2. The van der Waals surface area contributed by atoms with Crippen LogP contribution in [0, 0.1) is 3.57 Å². The molecule has 0 aliphatic carbocycles. The Bertz CT molecular complexity index is 609. The molecule has 0 aliphatic heterocycles. The van der Waals surface area contributed by atoms with E-state index in [1.54, 1.807) is 12.1 Å². The first-order chi connectivity index (χ1) is 9.06. The van der Waals surface area contributed by atoms with E-state index in [4.69, 9.17) is 5.11 Å². The van der Waals surface area contributed by atoms with Gasteiger partial charge in [0.1, 0.15) is 5.69 Å². The fourth-order valence-corrected chi connectivity index (χ4v) is 1.76. The highest BCUT2D eigenvalue weighted by atomic mass is 127. The second kappa shape index (κ2) is 5.79. The molecule has 6 heteroatoms. The van der Waals surface area contributed by atoms with Crippen molar-refractivity contribution < 1.29 is 14.7 Å². The zero-order valence-electron chi connectivity index (χ0n) is 9.63. The molecule has 1 heterocycles. The molecular weight excluding hydrogens is 359 g/mol. The fourth-order valence-electron chi connectivity index (χ4n) is 1.40. The van der Waals surface area contributed by atoms with Gasteiger partial charge in [0.05, 0.1) is 11.9 Å². The molecule has 19 heavy (non-hydrogen) atoms. The van der Waals surface area contributed by atoms with Gasteiger partial charge in [-0.1, -0.05) is 0 Å². The lowest BCUT2D eigenvalue weighted by molar-refractivity contribution is 0.0690. The van der Waals surface area contributed by atoms with Crippen LogP contribution in [0.25, 0.3) is 0 Å². The molecule has 1 aromatic heterocycles. The molecule has 0 saturated heterocycles. The van der Waals surface area contributed by atoms with Gasteiger partial charge < -0.3 is 10.4 Å². The van der Waals surface area contributed by atoms with Crippen LogP contribution in [0.5, 0.6) is 0 Å². The molecule has 0 saturated carbocycles. The molecule has 0 fully saturated rings. The smallest absolute Gasteiger partial charge is 0.354 e. The number of rotatable bonds is 3. The quantitative estimate of drug-likeness (QED) is 0.817. The standard InChI is InChI=1S/C13H9IN2O3/c14-9-3-1-8(2-4-9)12(17)16-10-5-6-11(13(18)19)15-7-10/h1-7H,(H,16,17)(H,18,19). The predicted molar refractivity (Wildman–Crippen MR) is 78.3 cm³/mol. The summed E-state index contributed by atoms with van der Waals surface area (Å²) in [6.07, 6.45) is 1.31. The van der Waals surface area contributed by atoms with E-state index in [0.29, 0.717) is 11.3 Å². The second-order valence-corrected chi connectivity index (χ2v) is 4.94. The van der Waals surface area contributed by atoms with Crippen LogP contribution in [0.4, 0.5) is 5.69 Å². The van der Waals surface area contributed by atoms with Crippen LogP contribution < -0.4 is 5.32 Å². The van der Waals surface area contributed by atoms with Crippen molar-refractivity contribution in [3.05, 3.63) is 57.4 Å². The van der Waals surface area contributed by atoms with Crippen molar-refractivity contribution in [3.8, 4) is 0 Å². The summed E-state index contributed by atoms with van der Waals surface area (Å²) in [6, 6.07) is 9.95. The Kier molecular flexibility index (Phi) is 4.10. The van der Waals surface area contributed by atoms with Gasteiger partial charge in [-0.25, -0.2) is 9.78 Å². The molecule has 0 unspecified atom stereocenters. The van der Waals surface area contributed by atoms with Crippen molar-refractivity contribution in [2.75, 3.05) is 5.32 Å². The Labute approximate surface area is 122 Å². The normalized spacial score (nSPS) is 9.95. The first kappa shape index (κ1) is 13.5. The van der Waals surface area contributed by atoms with Gasteiger partial charge in [-0.3, -0.25) is 4.79 Å². The van der Waals surface area contributed by atoms with E-state index in [1.807, 2.05) is 12.1 Å². The maximum Gasteiger partial charge on any atom is 0.354 e. The Hall–Kier alpha value is -1.96. The number of benzene rings is 1. The molecule has 0 atom stereocenters. The van der Waals surface area contributed by atoms with Crippen molar-refractivity contribution >= 4 is 40.2 Å². The van der Waals surface area contributed by atoms with Gasteiger partial charge in [-0.2, -0.15) is 0 Å². The first-order valence-corrected chi connectivity index (χ1v) is 6.40. The van der Waals surface area contributed by atoms with E-state index in [0.717, 1.165) is 3.57 Å². The van der Waals surface area contributed by atoms with Gasteiger partial charge in [-0.15, -0.1) is 0 Å². The maximum absolute atomic E-state index is 11.9. The van der Waals surface area contributed by atoms with Gasteiger partial charge in [0, 0.05) is 9.13 Å². The van der Waals surface area contributed by atoms with E-state index in [-0.39, 0.29) is 11.6 Å². The van der Waals surface area contributed by atoms with E-state index >= 15 is 0 Å². The number of halogens is 1. The minimum atomic E-state index is -1.10. The van der Waals surface area contributed by atoms with Crippen LogP contribution in [-0.2, 0) is 0 Å². The van der Waals surface area contributed by atoms with Gasteiger partial charge in [0.15, 0.2) is 0 Å². The zero-order chi connectivity index (χ0) is 13.8. The van der Waals surface area contributed by atoms with Gasteiger partial charge in [0.2, 0.25) is 0 Å². The number of aromatic carboxylic acids is 1. The van der Waals surface area contributed by atoms with Crippen molar-refractivity contribution in [2.24, 2.45) is 0 Å². The number of carboxylic acid groups (broad SMARTS) is 1. The minimum Gasteiger partial charge on any atom is -0.477 e. The number of pyridine rings is 1. The van der Waals surface area contributed by atoms with Crippen LogP contribution in [-0.4, -0.2) is 22.0 Å². The molecule has 0 spiro atoms. The number of nitrogens with zero attached hydrogens (tertiary/aromatic N) is 1. The molecule has 1 aromatic carbocycles. The van der Waals surface area contributed by atoms with Crippen molar-refractivity contribution in [1.82, 2.24) is 4.98 Å². The number of carbonyl (C=O) groups excluding carboxylic acids is 1. The monoisotopic (exact) mass is 368 g/mol. The molecule has 0 bridgehead atoms. The number of carboxylic acids is 1. The number of hydrogen-bond acceptors (Lipinski definition) is 3. The first-order valence-electron chi connectivity index (χ1n) is 5.32. The summed E-state index contributed by atoms with van der Waals surface area (Å²) >= 11 is 2.16. The molecule has 0 aliphatic rings. The molecule has 2 aromatic rings. The predicted octanol–water partition coefficient (Wildman–Crippen LogP) is 2.64. The lowest BCUT2D eigenvalue weighted by Gasteiger charge is -2.05. The number of amides is 1. The molecular formula is C13H9IN2O3. The number of hydrogen-bond donors (Lipinski definition) is 2. The third-order valence-electron chi connectivity index (χ3n) is 2.35. The molecule has 0 radical (unpaired) electrons. The summed E-state index contributed by atoms with van der Waals surface area (Å²) in [7, 11) is 0. The summed E-state index contributed by atoms with van der Waals surface area (Å²) in [6.45, 7) is 0. The summed E-state index contributed by atoms with van der Waals surface area (Å²) in [5, 5.41) is 11.4. The van der Waals surface area contributed by atoms with E-state index in [9.17, 15) is 9.59 Å². The summed E-state index contributed by atoms with van der Waals surface area (Å²) < 4.78 is 1.04. The highest BCUT2D eigenvalue weighted by Gasteiger charge is 2.07. The van der Waals surface area contributed by atoms with Crippen LogP contribution in [0.2, 0.25) is 0 Å². The Morgan fingerprint density at radius 2 is 1.79 bits per heavy atom. The Balaban J connectivity index is 2.10. The van der Waals surface area contributed by atoms with E-state index in [1.165, 1.54) is 18.3 Å². The Morgan fingerprint density at radius 3 is 2.32 bits per heavy atom. The third kappa shape index (κ3) is 3.50. The SMILES string of the molecule is O=C(Nc1ccc(C(=O)O)nc1)c1ccc(I)cc1. The van der Waals surface area contributed by atoms with Crippen LogP contribution in [0.1, 0.15) is 20.8 Å². The number of carbonyl (C=O) groups is 2. The molecule has 5 nitrogen and oxygen atoms in total. The van der Waals surface area contributed by atoms with Gasteiger partial charge in [0.25, 0.3) is 5.91 Å². The van der Waals surface area contributed by atoms with Crippen molar-refractivity contribution in [1.29, 1.82) is 0 Å². The van der Waals surface area contributed by atoms with Crippen LogP contribution >= 0.6 is 22.6 Å². The molecule has 2 rings (SSSR count). The van der Waals surface area contributed by atoms with E-state index < -0.39 is 5.97 Å². The lowest BCUT2D eigenvalue weighted by atomic mass is 10.2. The number of anilines is 1. The maximum atomic E-state index is 11.9. The van der Waals surface area contributed by atoms with Gasteiger partial charge in [-0.05, 0) is 59.0 Å². The van der Waals surface area contributed by atoms with Crippen LogP contribution in [0.15, 0.2) is 42.6 Å². The third-order valence-corrected chi connectivity index (χ3v) is 3.07. The fraction of sp³-hybridized carbons (Fsp3) is 0. The Morgan fingerprint density at radius 1 is 1.11 bits per heavy atom. The molecule has 2 N–H and O–H groups in total. The van der Waals surface area contributed by atoms with E-state index in [2.05, 4.69) is 32.9 Å². The van der Waals surface area contributed by atoms with Crippen molar-refractivity contribution in [2.45, 2.75) is 0 Å². The highest BCUT2D eigenvalue weighted by Crippen LogP contribution is 2.11. The molecule has 1 amide bonds. The number of aromatic nitrogens is 1. The largest absolute Gasteiger partial charge is 0.477 e. The minimum absolute atomic E-state index is 0.0627. The zero-order valence-corrected chi connectivity index (χ0v) is 11.8. The summed E-state index contributed by atoms with van der Waals surface area (Å²) in [5.74, 6) is -1.36. The lowest BCUT2D eigenvalue weighted by Crippen LogP contribution is -2.12. The second-order valence-electron chi connectivity index (χ2n) is 3.70. The van der Waals surface area contributed by atoms with Gasteiger partial charge >= 0.3 is 5.97 Å². The van der Waals surface area contributed by atoms with Crippen molar-refractivity contribution in [3.63, 3.8) is 0 Å². The average molecular weight is 368 g/mol. The van der Waals surface area contributed by atoms with Crippen LogP contribution in [0.3, 0.4) is 0 Å². The average Bonchev–Trinajstić information content (AvgIpc) is 2.40. The number of nitrogens with one attached hydrogen (secondary N) is 1. The summed E-state index contributed by atoms with van der Waals surface area (Å²) in [5.41, 5.74) is 0.920. The highest BCUT2D eigenvalue weighted by molar-refractivity contribution is 14.1. The molecule has 96 valence electrons.